The van der Waals surface area contributed by atoms with Gasteiger partial charge in [0.15, 0.2) is 8.68 Å². The fourth-order valence-corrected chi connectivity index (χ4v) is 3.83. The lowest BCUT2D eigenvalue weighted by molar-refractivity contribution is 0.621. The molecule has 0 saturated carbocycles. The van der Waals surface area contributed by atoms with Crippen LogP contribution in [0.4, 0.5) is 4.39 Å². The van der Waals surface area contributed by atoms with Crippen molar-refractivity contribution in [1.29, 1.82) is 5.41 Å². The molecule has 0 bridgehead atoms. The van der Waals surface area contributed by atoms with Crippen LogP contribution in [-0.2, 0) is 0 Å². The van der Waals surface area contributed by atoms with Gasteiger partial charge < -0.3 is 5.73 Å². The van der Waals surface area contributed by atoms with Crippen molar-refractivity contribution in [2.24, 2.45) is 5.73 Å². The van der Waals surface area contributed by atoms with E-state index in [2.05, 4.69) is 10.2 Å². The zero-order chi connectivity index (χ0) is 13.1. The van der Waals surface area contributed by atoms with Crippen molar-refractivity contribution in [3.63, 3.8) is 0 Å². The minimum absolute atomic E-state index is 0.114. The summed E-state index contributed by atoms with van der Waals surface area (Å²) in [6.45, 7) is 0. The van der Waals surface area contributed by atoms with E-state index in [1.165, 1.54) is 40.9 Å². The van der Waals surface area contributed by atoms with Gasteiger partial charge in [0.2, 0.25) is 0 Å². The van der Waals surface area contributed by atoms with Crippen LogP contribution in [0, 0.1) is 11.2 Å². The van der Waals surface area contributed by atoms with Crippen molar-refractivity contribution in [2.75, 3.05) is 6.26 Å². The SMILES string of the molecule is CSc1nnc(Sc2cccc(F)c2C(=N)N)s1. The quantitative estimate of drug-likeness (QED) is 0.516. The molecule has 3 N–H and O–H groups in total. The summed E-state index contributed by atoms with van der Waals surface area (Å²) < 4.78 is 15.2. The molecule has 0 fully saturated rings. The largest absolute Gasteiger partial charge is 0.384 e. The standard InChI is InChI=1S/C10H9FN4S3/c1-16-9-14-15-10(18-9)17-6-4-2-3-5(11)7(6)8(12)13/h2-4H,1H3,(H3,12,13). The molecule has 8 heteroatoms. The molecule has 0 amide bonds. The third-order valence-corrected chi connectivity index (χ3v) is 5.01. The maximum atomic E-state index is 13.6. The normalized spacial score (nSPS) is 10.6. The van der Waals surface area contributed by atoms with Crippen molar-refractivity contribution in [1.82, 2.24) is 10.2 Å². The van der Waals surface area contributed by atoms with Gasteiger partial charge in [-0.25, -0.2) is 4.39 Å². The number of amidine groups is 1. The van der Waals surface area contributed by atoms with Gasteiger partial charge in [-0.15, -0.1) is 10.2 Å². The van der Waals surface area contributed by atoms with E-state index in [0.717, 1.165) is 4.34 Å². The van der Waals surface area contributed by atoms with Crippen LogP contribution >= 0.6 is 34.9 Å². The van der Waals surface area contributed by atoms with Crippen LogP contribution in [0.15, 0.2) is 31.8 Å². The first-order valence-electron chi connectivity index (χ1n) is 4.80. The van der Waals surface area contributed by atoms with Gasteiger partial charge >= 0.3 is 0 Å². The number of aromatic nitrogens is 2. The molecule has 94 valence electrons. The summed E-state index contributed by atoms with van der Waals surface area (Å²) in [5.41, 5.74) is 5.51. The molecular weight excluding hydrogens is 291 g/mol. The molecule has 2 rings (SSSR count). The van der Waals surface area contributed by atoms with Crippen molar-refractivity contribution < 1.29 is 4.39 Å². The molecule has 0 aliphatic rings. The summed E-state index contributed by atoms with van der Waals surface area (Å²) in [6, 6.07) is 4.58. The van der Waals surface area contributed by atoms with Crippen molar-refractivity contribution >= 4 is 40.7 Å². The average molecular weight is 300 g/mol. The van der Waals surface area contributed by atoms with Crippen LogP contribution in [-0.4, -0.2) is 22.3 Å². The molecule has 0 unspecified atom stereocenters. The second-order valence-corrected chi connectivity index (χ2v) is 6.49. The van der Waals surface area contributed by atoms with Gasteiger partial charge in [-0.05, 0) is 18.4 Å². The highest BCUT2D eigenvalue weighted by molar-refractivity contribution is 8.03. The van der Waals surface area contributed by atoms with E-state index in [9.17, 15) is 4.39 Å². The Bertz CT molecular complexity index is 584. The van der Waals surface area contributed by atoms with Gasteiger partial charge in [-0.1, -0.05) is 40.9 Å². The Morgan fingerprint density at radius 3 is 2.72 bits per heavy atom. The lowest BCUT2D eigenvalue weighted by Crippen LogP contribution is -2.14. The van der Waals surface area contributed by atoms with Gasteiger partial charge in [0.05, 0.1) is 5.56 Å². The summed E-state index contributed by atoms with van der Waals surface area (Å²) in [6.07, 6.45) is 1.91. The lowest BCUT2D eigenvalue weighted by Gasteiger charge is -2.06. The fraction of sp³-hybridized carbons (Fsp3) is 0.100. The lowest BCUT2D eigenvalue weighted by atomic mass is 10.2. The van der Waals surface area contributed by atoms with E-state index < -0.39 is 5.82 Å². The third kappa shape index (κ3) is 2.82. The molecule has 1 aromatic heterocycles. The Kier molecular flexibility index (Phi) is 4.20. The number of thioether (sulfide) groups is 1. The van der Waals surface area contributed by atoms with E-state index in [0.29, 0.717) is 9.24 Å². The molecule has 0 atom stereocenters. The number of rotatable bonds is 4. The number of nitrogens with one attached hydrogen (secondary N) is 1. The monoisotopic (exact) mass is 300 g/mol. The number of benzene rings is 1. The van der Waals surface area contributed by atoms with Crippen molar-refractivity contribution in [3.05, 3.63) is 29.6 Å². The molecule has 4 nitrogen and oxygen atoms in total. The number of hydrogen-bond acceptors (Lipinski definition) is 6. The molecule has 0 radical (unpaired) electrons. The Hall–Kier alpha value is -1.12. The van der Waals surface area contributed by atoms with E-state index in [1.807, 2.05) is 6.26 Å². The van der Waals surface area contributed by atoms with Crippen LogP contribution in [0.1, 0.15) is 5.56 Å². The Morgan fingerprint density at radius 1 is 1.39 bits per heavy atom. The molecule has 0 spiro atoms. The van der Waals surface area contributed by atoms with Gasteiger partial charge in [-0.2, -0.15) is 0 Å². The highest BCUT2D eigenvalue weighted by Crippen LogP contribution is 2.35. The number of nitrogen functional groups attached to an aromatic ring is 1. The highest BCUT2D eigenvalue weighted by atomic mass is 32.2. The first-order chi connectivity index (χ1) is 8.61. The summed E-state index contributed by atoms with van der Waals surface area (Å²) in [5.74, 6) is -0.785. The van der Waals surface area contributed by atoms with Crippen LogP contribution in [0.2, 0.25) is 0 Å². The topological polar surface area (TPSA) is 75.7 Å². The average Bonchev–Trinajstić information content (AvgIpc) is 2.76. The number of halogens is 1. The zero-order valence-electron chi connectivity index (χ0n) is 9.31. The molecule has 0 aliphatic carbocycles. The Labute approximate surface area is 116 Å². The second-order valence-electron chi connectivity index (χ2n) is 3.17. The molecule has 0 aliphatic heterocycles. The van der Waals surface area contributed by atoms with Crippen LogP contribution in [0.3, 0.4) is 0 Å². The van der Waals surface area contributed by atoms with E-state index in [-0.39, 0.29) is 11.4 Å². The Balaban J connectivity index is 2.34. The van der Waals surface area contributed by atoms with Gasteiger partial charge in [0, 0.05) is 4.90 Å². The molecule has 2 aromatic rings. The highest BCUT2D eigenvalue weighted by Gasteiger charge is 2.14. The first kappa shape index (κ1) is 13.3. The van der Waals surface area contributed by atoms with Gasteiger partial charge in [0.1, 0.15) is 11.7 Å². The summed E-state index contributed by atoms with van der Waals surface area (Å²) in [7, 11) is 0. The minimum atomic E-state index is -0.498. The van der Waals surface area contributed by atoms with Crippen LogP contribution < -0.4 is 5.73 Å². The van der Waals surface area contributed by atoms with E-state index in [1.54, 1.807) is 12.1 Å². The molecular formula is C10H9FN4S3. The third-order valence-electron chi connectivity index (χ3n) is 2.00. The van der Waals surface area contributed by atoms with E-state index >= 15 is 0 Å². The molecule has 0 saturated heterocycles. The van der Waals surface area contributed by atoms with Gasteiger partial charge in [-0.3, -0.25) is 5.41 Å². The second kappa shape index (κ2) is 5.68. The summed E-state index contributed by atoms with van der Waals surface area (Å²) in [5, 5.41) is 15.4. The Morgan fingerprint density at radius 2 is 2.11 bits per heavy atom. The maximum Gasteiger partial charge on any atom is 0.179 e. The molecule has 18 heavy (non-hydrogen) atoms. The smallest absolute Gasteiger partial charge is 0.179 e. The van der Waals surface area contributed by atoms with E-state index in [4.69, 9.17) is 11.1 Å². The predicted molar refractivity (Wildman–Crippen MR) is 73.2 cm³/mol. The number of nitrogens with zero attached hydrogens (tertiary/aromatic N) is 2. The van der Waals surface area contributed by atoms with Crippen molar-refractivity contribution in [2.45, 2.75) is 13.6 Å². The van der Waals surface area contributed by atoms with Crippen LogP contribution in [0.25, 0.3) is 0 Å². The fourth-order valence-electron chi connectivity index (χ4n) is 1.27. The predicted octanol–water partition coefficient (Wildman–Crippen LogP) is 2.83. The summed E-state index contributed by atoms with van der Waals surface area (Å²) >= 11 is 4.19. The van der Waals surface area contributed by atoms with Gasteiger partial charge in [0.25, 0.3) is 0 Å². The maximum absolute atomic E-state index is 13.6. The molecule has 1 aromatic carbocycles. The first-order valence-corrected chi connectivity index (χ1v) is 7.66. The van der Waals surface area contributed by atoms with Crippen LogP contribution in [0.5, 0.6) is 0 Å². The van der Waals surface area contributed by atoms with Crippen molar-refractivity contribution in [3.8, 4) is 0 Å². The summed E-state index contributed by atoms with van der Waals surface area (Å²) in [4.78, 5) is 0.575. The molecule has 1 heterocycles. The number of nitrogens with two attached hydrogens (primary N) is 1. The number of hydrogen-bond donors (Lipinski definition) is 2. The zero-order valence-corrected chi connectivity index (χ0v) is 11.8. The minimum Gasteiger partial charge on any atom is -0.384 e.